The summed E-state index contributed by atoms with van der Waals surface area (Å²) in [6.07, 6.45) is 4.02. The molecule has 2 heterocycles. The Morgan fingerprint density at radius 2 is 2.17 bits per heavy atom. The van der Waals surface area contributed by atoms with E-state index in [0.717, 1.165) is 49.5 Å². The highest BCUT2D eigenvalue weighted by Crippen LogP contribution is 2.23. The summed E-state index contributed by atoms with van der Waals surface area (Å²) in [6, 6.07) is 2.05. The summed E-state index contributed by atoms with van der Waals surface area (Å²) in [5, 5.41) is 9.38. The lowest BCUT2D eigenvalue weighted by Gasteiger charge is -2.29. The largest absolute Gasteiger partial charge is 0.392 e. The number of nitrogens with zero attached hydrogens (tertiary/aromatic N) is 2. The molecule has 0 aliphatic carbocycles. The minimum atomic E-state index is 0.0424. The normalized spacial score (nSPS) is 16.8. The van der Waals surface area contributed by atoms with Gasteiger partial charge >= 0.3 is 0 Å². The maximum atomic E-state index is 9.38. The summed E-state index contributed by atoms with van der Waals surface area (Å²) >= 11 is 0. The second kappa shape index (κ2) is 6.16. The number of aromatic nitrogens is 1. The van der Waals surface area contributed by atoms with Crippen molar-refractivity contribution in [3.63, 3.8) is 0 Å². The van der Waals surface area contributed by atoms with E-state index in [1.807, 2.05) is 13.0 Å². The molecular weight excluding hydrogens is 228 g/mol. The molecule has 4 heteroatoms. The van der Waals surface area contributed by atoms with E-state index in [-0.39, 0.29) is 6.61 Å². The molecular formula is C14H22N2O2. The first-order valence-electron chi connectivity index (χ1n) is 6.56. The van der Waals surface area contributed by atoms with E-state index in [2.05, 4.69) is 16.9 Å². The molecule has 1 N–H and O–H groups in total. The molecule has 100 valence electrons. The molecule has 0 spiro atoms. The average molecular weight is 250 g/mol. The fraction of sp³-hybridized carbons (Fsp3) is 0.643. The quantitative estimate of drug-likeness (QED) is 0.884. The van der Waals surface area contributed by atoms with Crippen LogP contribution < -0.4 is 4.90 Å². The Morgan fingerprint density at radius 1 is 1.44 bits per heavy atom. The molecule has 4 nitrogen and oxygen atoms in total. The molecule has 1 aliphatic heterocycles. The van der Waals surface area contributed by atoms with Gasteiger partial charge < -0.3 is 14.7 Å². The Balaban J connectivity index is 2.07. The Bertz CT molecular complexity index is 389. The topological polar surface area (TPSA) is 45.6 Å². The number of aryl methyl sites for hydroxylation is 1. The van der Waals surface area contributed by atoms with E-state index in [4.69, 9.17) is 4.74 Å². The lowest BCUT2D eigenvalue weighted by atomic mass is 9.99. The highest BCUT2D eigenvalue weighted by atomic mass is 16.5. The van der Waals surface area contributed by atoms with Crippen LogP contribution in [-0.2, 0) is 11.3 Å². The SMILES string of the molecule is Cc1cc(N(C)CC2CCOCC2)c(CO)cn1. The Kier molecular flexibility index (Phi) is 4.55. The standard InChI is InChI=1S/C14H22N2O2/c1-11-7-14(13(10-17)8-15-11)16(2)9-12-3-5-18-6-4-12/h7-8,12,17H,3-6,9-10H2,1-2H3. The van der Waals surface area contributed by atoms with Gasteiger partial charge in [-0.15, -0.1) is 0 Å². The number of hydrogen-bond acceptors (Lipinski definition) is 4. The van der Waals surface area contributed by atoms with Crippen LogP contribution in [-0.4, -0.2) is 36.9 Å². The Morgan fingerprint density at radius 3 is 2.83 bits per heavy atom. The van der Waals surface area contributed by atoms with Crippen molar-refractivity contribution in [1.82, 2.24) is 4.98 Å². The highest BCUT2D eigenvalue weighted by molar-refractivity contribution is 5.52. The molecule has 1 saturated heterocycles. The molecule has 18 heavy (non-hydrogen) atoms. The number of rotatable bonds is 4. The van der Waals surface area contributed by atoms with Crippen molar-refractivity contribution in [3.05, 3.63) is 23.5 Å². The van der Waals surface area contributed by atoms with Crippen LogP contribution in [0.3, 0.4) is 0 Å². The van der Waals surface area contributed by atoms with E-state index in [9.17, 15) is 5.11 Å². The molecule has 0 radical (unpaired) electrons. The average Bonchev–Trinajstić information content (AvgIpc) is 2.40. The second-order valence-electron chi connectivity index (χ2n) is 5.05. The molecule has 0 aromatic carbocycles. The zero-order valence-corrected chi connectivity index (χ0v) is 11.2. The van der Waals surface area contributed by atoms with E-state index in [1.165, 1.54) is 0 Å². The van der Waals surface area contributed by atoms with Gasteiger partial charge in [-0.05, 0) is 31.7 Å². The smallest absolute Gasteiger partial charge is 0.0717 e. The van der Waals surface area contributed by atoms with Gasteiger partial charge in [-0.1, -0.05) is 0 Å². The minimum absolute atomic E-state index is 0.0424. The number of aliphatic hydroxyl groups excluding tert-OH is 1. The second-order valence-corrected chi connectivity index (χ2v) is 5.05. The van der Waals surface area contributed by atoms with Gasteiger partial charge in [0, 0.05) is 49.9 Å². The van der Waals surface area contributed by atoms with Crippen LogP contribution >= 0.6 is 0 Å². The van der Waals surface area contributed by atoms with Gasteiger partial charge in [0.15, 0.2) is 0 Å². The van der Waals surface area contributed by atoms with Crippen LogP contribution in [0.5, 0.6) is 0 Å². The third kappa shape index (κ3) is 3.21. The molecule has 0 atom stereocenters. The Labute approximate surface area is 109 Å². The van der Waals surface area contributed by atoms with Crippen molar-refractivity contribution in [3.8, 4) is 0 Å². The summed E-state index contributed by atoms with van der Waals surface area (Å²) < 4.78 is 5.38. The predicted molar refractivity (Wildman–Crippen MR) is 71.7 cm³/mol. The summed E-state index contributed by atoms with van der Waals surface area (Å²) in [5.41, 5.74) is 2.98. The molecule has 0 bridgehead atoms. The van der Waals surface area contributed by atoms with Crippen LogP contribution in [0.4, 0.5) is 5.69 Å². The van der Waals surface area contributed by atoms with Gasteiger partial charge in [0.1, 0.15) is 0 Å². The van der Waals surface area contributed by atoms with Crippen LogP contribution in [0, 0.1) is 12.8 Å². The fourth-order valence-electron chi connectivity index (χ4n) is 2.47. The van der Waals surface area contributed by atoms with Crippen LogP contribution in [0.2, 0.25) is 0 Å². The number of ether oxygens (including phenoxy) is 1. The number of pyridine rings is 1. The molecule has 1 aromatic heterocycles. The van der Waals surface area contributed by atoms with Crippen molar-refractivity contribution in [2.45, 2.75) is 26.4 Å². The number of hydrogen-bond donors (Lipinski definition) is 1. The summed E-state index contributed by atoms with van der Waals surface area (Å²) in [6.45, 7) is 4.79. The molecule has 1 aliphatic rings. The summed E-state index contributed by atoms with van der Waals surface area (Å²) in [4.78, 5) is 6.47. The van der Waals surface area contributed by atoms with E-state index in [1.54, 1.807) is 6.20 Å². The first kappa shape index (κ1) is 13.3. The molecule has 0 saturated carbocycles. The first-order valence-corrected chi connectivity index (χ1v) is 6.56. The molecule has 2 rings (SSSR count). The van der Waals surface area contributed by atoms with Gasteiger partial charge in [-0.2, -0.15) is 0 Å². The van der Waals surface area contributed by atoms with Crippen molar-refractivity contribution < 1.29 is 9.84 Å². The van der Waals surface area contributed by atoms with Crippen molar-refractivity contribution in [1.29, 1.82) is 0 Å². The van der Waals surface area contributed by atoms with Gasteiger partial charge in [0.2, 0.25) is 0 Å². The lowest BCUT2D eigenvalue weighted by Crippen LogP contribution is -2.30. The first-order chi connectivity index (χ1) is 8.70. The Hall–Kier alpha value is -1.13. The lowest BCUT2D eigenvalue weighted by molar-refractivity contribution is 0.0685. The molecule has 0 unspecified atom stereocenters. The zero-order valence-electron chi connectivity index (χ0n) is 11.2. The van der Waals surface area contributed by atoms with Crippen LogP contribution in [0.1, 0.15) is 24.1 Å². The molecule has 1 fully saturated rings. The third-order valence-electron chi connectivity index (χ3n) is 3.55. The fourth-order valence-corrected chi connectivity index (χ4v) is 2.47. The highest BCUT2D eigenvalue weighted by Gasteiger charge is 2.17. The zero-order chi connectivity index (χ0) is 13.0. The summed E-state index contributed by atoms with van der Waals surface area (Å²) in [7, 11) is 2.09. The van der Waals surface area contributed by atoms with Crippen molar-refractivity contribution in [2.24, 2.45) is 5.92 Å². The van der Waals surface area contributed by atoms with Gasteiger partial charge in [-0.3, -0.25) is 4.98 Å². The van der Waals surface area contributed by atoms with E-state index in [0.29, 0.717) is 5.92 Å². The molecule has 0 amide bonds. The summed E-state index contributed by atoms with van der Waals surface area (Å²) in [5.74, 6) is 0.684. The van der Waals surface area contributed by atoms with E-state index < -0.39 is 0 Å². The van der Waals surface area contributed by atoms with Gasteiger partial charge in [0.05, 0.1) is 6.61 Å². The van der Waals surface area contributed by atoms with Crippen molar-refractivity contribution in [2.75, 3.05) is 31.7 Å². The monoisotopic (exact) mass is 250 g/mol. The predicted octanol–water partition coefficient (Wildman–Crippen LogP) is 1.75. The van der Waals surface area contributed by atoms with Gasteiger partial charge in [-0.25, -0.2) is 0 Å². The van der Waals surface area contributed by atoms with Crippen molar-refractivity contribution >= 4 is 5.69 Å². The third-order valence-corrected chi connectivity index (χ3v) is 3.55. The van der Waals surface area contributed by atoms with Gasteiger partial charge in [0.25, 0.3) is 0 Å². The van der Waals surface area contributed by atoms with E-state index >= 15 is 0 Å². The number of aliphatic hydroxyl groups is 1. The molecule has 1 aromatic rings. The maximum Gasteiger partial charge on any atom is 0.0717 e. The van der Waals surface area contributed by atoms with Crippen LogP contribution in [0.25, 0.3) is 0 Å². The minimum Gasteiger partial charge on any atom is -0.392 e. The maximum absolute atomic E-state index is 9.38. The van der Waals surface area contributed by atoms with Crippen LogP contribution in [0.15, 0.2) is 12.3 Å². The number of anilines is 1.